The third-order valence-electron chi connectivity index (χ3n) is 0.699. The zero-order valence-corrected chi connectivity index (χ0v) is 6.40. The molecule has 0 aromatic rings. The predicted molar refractivity (Wildman–Crippen MR) is 41.4 cm³/mol. The first kappa shape index (κ1) is 11.0. The van der Waals surface area contributed by atoms with Crippen LogP contribution >= 0.6 is 0 Å². The van der Waals surface area contributed by atoms with Crippen molar-refractivity contribution < 1.29 is 4.79 Å². The van der Waals surface area contributed by atoms with Gasteiger partial charge in [-0.1, -0.05) is 33.1 Å². The van der Waals surface area contributed by atoms with E-state index in [0.717, 1.165) is 0 Å². The van der Waals surface area contributed by atoms with E-state index in [2.05, 4.69) is 13.2 Å². The van der Waals surface area contributed by atoms with Crippen molar-refractivity contribution in [1.82, 2.24) is 0 Å². The van der Waals surface area contributed by atoms with Gasteiger partial charge in [0, 0.05) is 5.57 Å². The first-order valence-corrected chi connectivity index (χ1v) is 3.00. The van der Waals surface area contributed by atoms with Gasteiger partial charge in [0.05, 0.1) is 0 Å². The number of ketones is 1. The van der Waals surface area contributed by atoms with Crippen molar-refractivity contribution in [1.29, 1.82) is 0 Å². The van der Waals surface area contributed by atoms with Crippen LogP contribution < -0.4 is 0 Å². The predicted octanol–water partition coefficient (Wildman–Crippen LogP) is 2.34. The van der Waals surface area contributed by atoms with E-state index in [1.165, 1.54) is 13.0 Å². The Labute approximate surface area is 57.1 Å². The van der Waals surface area contributed by atoms with Crippen molar-refractivity contribution in [2.45, 2.75) is 20.8 Å². The number of carbonyl (C=O) groups is 1. The van der Waals surface area contributed by atoms with Gasteiger partial charge in [-0.25, -0.2) is 0 Å². The number of hydrogen-bond acceptors (Lipinski definition) is 1. The van der Waals surface area contributed by atoms with Crippen LogP contribution in [0, 0.1) is 0 Å². The average Bonchev–Trinajstić information content (AvgIpc) is 1.91. The molecule has 0 heterocycles. The third-order valence-corrected chi connectivity index (χ3v) is 0.699. The fourth-order valence-electron chi connectivity index (χ4n) is 0.144. The Kier molecular flexibility index (Phi) is 8.75. The average molecular weight is 126 g/mol. The smallest absolute Gasteiger partial charge is 0.159 e. The lowest BCUT2D eigenvalue weighted by molar-refractivity contribution is -0.113. The zero-order chi connectivity index (χ0) is 7.86. The summed E-state index contributed by atoms with van der Waals surface area (Å²) in [6, 6.07) is 0. The second-order valence-corrected chi connectivity index (χ2v) is 1.29. The van der Waals surface area contributed by atoms with Crippen LogP contribution in [-0.4, -0.2) is 5.78 Å². The molecule has 0 atom stereocenters. The van der Waals surface area contributed by atoms with Gasteiger partial charge in [-0.05, 0) is 6.92 Å². The van der Waals surface area contributed by atoms with Crippen LogP contribution in [-0.2, 0) is 4.79 Å². The fourth-order valence-corrected chi connectivity index (χ4v) is 0.144. The molecule has 1 heteroatoms. The van der Waals surface area contributed by atoms with Crippen molar-refractivity contribution in [2.24, 2.45) is 0 Å². The summed E-state index contributed by atoms with van der Waals surface area (Å²) in [5.74, 6) is -0.0185. The Morgan fingerprint density at radius 3 is 1.78 bits per heavy atom. The van der Waals surface area contributed by atoms with Gasteiger partial charge in [0.2, 0.25) is 0 Å². The monoisotopic (exact) mass is 126 g/mol. The van der Waals surface area contributed by atoms with Crippen molar-refractivity contribution in [3.8, 4) is 0 Å². The lowest BCUT2D eigenvalue weighted by Gasteiger charge is -1.84. The Bertz CT molecular complexity index is 112. The van der Waals surface area contributed by atoms with E-state index >= 15 is 0 Å². The Balaban J connectivity index is 0. The van der Waals surface area contributed by atoms with Crippen molar-refractivity contribution >= 4 is 5.78 Å². The van der Waals surface area contributed by atoms with Gasteiger partial charge in [0.25, 0.3) is 0 Å². The molecule has 0 saturated heterocycles. The molecule has 0 aliphatic heterocycles. The van der Waals surface area contributed by atoms with E-state index in [-0.39, 0.29) is 5.78 Å². The first-order valence-electron chi connectivity index (χ1n) is 3.00. The molecule has 0 unspecified atom stereocenters. The highest BCUT2D eigenvalue weighted by atomic mass is 16.1. The summed E-state index contributed by atoms with van der Waals surface area (Å²) >= 11 is 0. The Morgan fingerprint density at radius 2 is 1.78 bits per heavy atom. The molecular weight excluding hydrogens is 112 g/mol. The SMILES string of the molecule is C=CC(=C)C(C)=O.CC. The summed E-state index contributed by atoms with van der Waals surface area (Å²) in [6.07, 6.45) is 1.45. The highest BCUT2D eigenvalue weighted by Crippen LogP contribution is 1.89. The molecule has 0 bridgehead atoms. The maximum absolute atomic E-state index is 10.2. The molecular formula is C8H14O. The van der Waals surface area contributed by atoms with E-state index in [1.807, 2.05) is 13.8 Å². The van der Waals surface area contributed by atoms with Crippen LogP contribution in [0.15, 0.2) is 24.8 Å². The van der Waals surface area contributed by atoms with E-state index in [0.29, 0.717) is 5.57 Å². The molecule has 1 nitrogen and oxygen atoms in total. The number of rotatable bonds is 2. The highest BCUT2D eigenvalue weighted by molar-refractivity contribution is 5.95. The molecule has 0 aliphatic carbocycles. The van der Waals surface area contributed by atoms with Crippen LogP contribution in [0.2, 0.25) is 0 Å². The number of hydrogen-bond donors (Lipinski definition) is 0. The van der Waals surface area contributed by atoms with Crippen molar-refractivity contribution in [2.75, 3.05) is 0 Å². The van der Waals surface area contributed by atoms with Crippen molar-refractivity contribution in [3.63, 3.8) is 0 Å². The molecule has 52 valence electrons. The molecule has 0 aromatic carbocycles. The van der Waals surface area contributed by atoms with Gasteiger partial charge in [0.1, 0.15) is 0 Å². The number of carbonyl (C=O) groups excluding carboxylic acids is 1. The minimum atomic E-state index is -0.0185. The number of Topliss-reactive ketones (excluding diaryl/α,β-unsaturated/α-hetero) is 1. The molecule has 0 saturated carbocycles. The van der Waals surface area contributed by atoms with Crippen LogP contribution in [0.4, 0.5) is 0 Å². The highest BCUT2D eigenvalue weighted by Gasteiger charge is 1.89. The zero-order valence-electron chi connectivity index (χ0n) is 6.40. The Morgan fingerprint density at radius 1 is 1.44 bits per heavy atom. The number of allylic oxidation sites excluding steroid dienone is 2. The molecule has 0 N–H and O–H groups in total. The standard InChI is InChI=1S/C6H8O.C2H6/c1-4-5(2)6(3)7;1-2/h4H,1-2H2,3H3;1-2H3. The lowest BCUT2D eigenvalue weighted by atomic mass is 10.2. The molecule has 0 aromatic heterocycles. The minimum absolute atomic E-state index is 0.0185. The van der Waals surface area contributed by atoms with Crippen LogP contribution in [0.1, 0.15) is 20.8 Å². The molecule has 0 spiro atoms. The lowest BCUT2D eigenvalue weighted by Crippen LogP contribution is -1.88. The molecule has 0 fully saturated rings. The van der Waals surface area contributed by atoms with Crippen LogP contribution in [0.3, 0.4) is 0 Å². The van der Waals surface area contributed by atoms with Crippen molar-refractivity contribution in [3.05, 3.63) is 24.8 Å². The fraction of sp³-hybridized carbons (Fsp3) is 0.375. The minimum Gasteiger partial charge on any atom is -0.295 e. The quantitative estimate of drug-likeness (QED) is 0.410. The summed E-state index contributed by atoms with van der Waals surface area (Å²) in [7, 11) is 0. The summed E-state index contributed by atoms with van der Waals surface area (Å²) in [5.41, 5.74) is 0.472. The largest absolute Gasteiger partial charge is 0.295 e. The second kappa shape index (κ2) is 7.15. The summed E-state index contributed by atoms with van der Waals surface area (Å²) in [4.78, 5) is 10.2. The summed E-state index contributed by atoms with van der Waals surface area (Å²) in [5, 5.41) is 0. The maximum atomic E-state index is 10.2. The van der Waals surface area contributed by atoms with Gasteiger partial charge in [-0.3, -0.25) is 4.79 Å². The van der Waals surface area contributed by atoms with E-state index in [1.54, 1.807) is 0 Å². The normalized spacial score (nSPS) is 6.56. The second-order valence-electron chi connectivity index (χ2n) is 1.29. The van der Waals surface area contributed by atoms with Crippen LogP contribution in [0.25, 0.3) is 0 Å². The van der Waals surface area contributed by atoms with Gasteiger partial charge < -0.3 is 0 Å². The molecule has 0 aliphatic rings. The Hall–Kier alpha value is -0.850. The molecule has 0 amide bonds. The van der Waals surface area contributed by atoms with E-state index < -0.39 is 0 Å². The third kappa shape index (κ3) is 7.15. The van der Waals surface area contributed by atoms with E-state index in [4.69, 9.17) is 0 Å². The van der Waals surface area contributed by atoms with E-state index in [9.17, 15) is 4.79 Å². The topological polar surface area (TPSA) is 17.1 Å². The maximum Gasteiger partial charge on any atom is 0.159 e. The summed E-state index contributed by atoms with van der Waals surface area (Å²) in [6.45, 7) is 12.2. The van der Waals surface area contributed by atoms with Gasteiger partial charge in [-0.15, -0.1) is 0 Å². The molecule has 0 rings (SSSR count). The molecule has 9 heavy (non-hydrogen) atoms. The van der Waals surface area contributed by atoms with Gasteiger partial charge in [-0.2, -0.15) is 0 Å². The van der Waals surface area contributed by atoms with Crippen LogP contribution in [0.5, 0.6) is 0 Å². The van der Waals surface area contributed by atoms with Gasteiger partial charge in [0.15, 0.2) is 5.78 Å². The van der Waals surface area contributed by atoms with Gasteiger partial charge >= 0.3 is 0 Å². The molecule has 0 radical (unpaired) electrons. The first-order chi connectivity index (χ1) is 4.18. The summed E-state index contributed by atoms with van der Waals surface area (Å²) < 4.78 is 0.